The van der Waals surface area contributed by atoms with Gasteiger partial charge in [0.1, 0.15) is 0 Å². The highest BCUT2D eigenvalue weighted by Crippen LogP contribution is 1.97. The van der Waals surface area contributed by atoms with Gasteiger partial charge < -0.3 is 30.1 Å². The van der Waals surface area contributed by atoms with Gasteiger partial charge in [0.25, 0.3) is 0 Å². The molecule has 0 saturated carbocycles. The molecular formula is C9H20N2O7. The van der Waals surface area contributed by atoms with E-state index in [1.54, 1.807) is 0 Å². The van der Waals surface area contributed by atoms with E-state index in [0.717, 1.165) is 10.1 Å². The molecule has 0 saturated heterocycles. The molecule has 0 aliphatic heterocycles. The molecule has 108 valence electrons. The second-order valence-corrected chi connectivity index (χ2v) is 3.19. The molecule has 0 atom stereocenters. The van der Waals surface area contributed by atoms with Gasteiger partial charge in [-0.15, -0.1) is 10.1 Å². The van der Waals surface area contributed by atoms with E-state index in [4.69, 9.17) is 30.1 Å². The second kappa shape index (κ2) is 11.1. The molecule has 18 heavy (non-hydrogen) atoms. The minimum absolute atomic E-state index is 0.0374. The Hall–Kier alpha value is -0.970. The third-order valence-electron chi connectivity index (χ3n) is 1.80. The summed E-state index contributed by atoms with van der Waals surface area (Å²) < 4.78 is 0. The van der Waals surface area contributed by atoms with Gasteiger partial charge in [-0.1, -0.05) is 0 Å². The molecule has 0 bridgehead atoms. The molecule has 0 aromatic heterocycles. The molecule has 0 amide bonds. The lowest BCUT2D eigenvalue weighted by Crippen LogP contribution is -2.37. The highest BCUT2D eigenvalue weighted by molar-refractivity contribution is 5.59. The highest BCUT2D eigenvalue weighted by Gasteiger charge is 2.16. The average molecular weight is 268 g/mol. The number of carbonyl (C=O) groups excluding carboxylic acids is 1. The normalized spacial score (nSPS) is 11.0. The van der Waals surface area contributed by atoms with Crippen molar-refractivity contribution in [2.24, 2.45) is 0 Å². The lowest BCUT2D eigenvalue weighted by atomic mass is 10.6. The van der Waals surface area contributed by atoms with Gasteiger partial charge in [0.05, 0.1) is 52.6 Å². The molecule has 0 spiro atoms. The molecule has 0 radical (unpaired) electrons. The van der Waals surface area contributed by atoms with Crippen molar-refractivity contribution in [1.29, 1.82) is 0 Å². The molecule has 0 heterocycles. The minimum atomic E-state index is -1.07. The van der Waals surface area contributed by atoms with Crippen LogP contribution >= 0.6 is 0 Å². The number of hydrogen-bond donors (Lipinski definition) is 4. The van der Waals surface area contributed by atoms with E-state index in [9.17, 15) is 4.79 Å². The zero-order chi connectivity index (χ0) is 13.8. The molecule has 4 N–H and O–H groups in total. The largest absolute Gasteiger partial charge is 0.547 e. The molecule has 0 aliphatic rings. The fraction of sp³-hybridized carbons (Fsp3) is 0.889. The van der Waals surface area contributed by atoms with Crippen LogP contribution in [0.25, 0.3) is 0 Å². The van der Waals surface area contributed by atoms with E-state index in [2.05, 4.69) is 0 Å². The molecule has 0 rings (SSSR count). The first kappa shape index (κ1) is 17.0. The standard InChI is InChI=1S/C9H20N2O7/c12-5-1-10(2-6-13)17-9(16)18-11(3-7-14)4-8-15/h12-15H,1-8H2. The van der Waals surface area contributed by atoms with Gasteiger partial charge in [0.2, 0.25) is 0 Å². The van der Waals surface area contributed by atoms with Crippen molar-refractivity contribution in [2.75, 3.05) is 52.6 Å². The highest BCUT2D eigenvalue weighted by atomic mass is 16.9. The summed E-state index contributed by atoms with van der Waals surface area (Å²) >= 11 is 0. The summed E-state index contributed by atoms with van der Waals surface area (Å²) in [5, 5.41) is 36.9. The number of nitrogens with zero attached hydrogens (tertiary/aromatic N) is 2. The van der Waals surface area contributed by atoms with Crippen LogP contribution < -0.4 is 0 Å². The van der Waals surface area contributed by atoms with E-state index in [-0.39, 0.29) is 52.6 Å². The van der Waals surface area contributed by atoms with Crippen LogP contribution in [-0.4, -0.2) is 89.3 Å². The van der Waals surface area contributed by atoms with Crippen LogP contribution in [0.2, 0.25) is 0 Å². The quantitative estimate of drug-likeness (QED) is 0.319. The van der Waals surface area contributed by atoms with Crippen molar-refractivity contribution >= 4 is 6.16 Å². The van der Waals surface area contributed by atoms with Crippen molar-refractivity contribution < 1.29 is 34.9 Å². The van der Waals surface area contributed by atoms with Gasteiger partial charge in [-0.25, -0.2) is 0 Å². The molecule has 0 unspecified atom stereocenters. The van der Waals surface area contributed by atoms with Crippen LogP contribution in [0.15, 0.2) is 0 Å². The number of aliphatic hydroxyl groups is 4. The zero-order valence-electron chi connectivity index (χ0n) is 10.1. The first-order valence-electron chi connectivity index (χ1n) is 5.51. The predicted molar refractivity (Wildman–Crippen MR) is 59.1 cm³/mol. The van der Waals surface area contributed by atoms with E-state index in [1.165, 1.54) is 0 Å². The maximum atomic E-state index is 11.3. The molecule has 0 fully saturated rings. The van der Waals surface area contributed by atoms with Gasteiger partial charge in [-0.05, 0) is 0 Å². The Bertz CT molecular complexity index is 185. The maximum absolute atomic E-state index is 11.3. The molecule has 9 heteroatoms. The fourth-order valence-corrected chi connectivity index (χ4v) is 1.08. The lowest BCUT2D eigenvalue weighted by molar-refractivity contribution is -0.195. The van der Waals surface area contributed by atoms with E-state index >= 15 is 0 Å². The van der Waals surface area contributed by atoms with Crippen molar-refractivity contribution in [1.82, 2.24) is 10.1 Å². The van der Waals surface area contributed by atoms with Crippen molar-refractivity contribution in [2.45, 2.75) is 0 Å². The van der Waals surface area contributed by atoms with Gasteiger partial charge in [-0.3, -0.25) is 0 Å². The fourth-order valence-electron chi connectivity index (χ4n) is 1.08. The Labute approximate surface area is 105 Å². The first-order valence-corrected chi connectivity index (χ1v) is 5.51. The number of aliphatic hydroxyl groups excluding tert-OH is 4. The third kappa shape index (κ3) is 8.17. The summed E-state index contributed by atoms with van der Waals surface area (Å²) in [6, 6.07) is 0. The Balaban J connectivity index is 4.09. The molecular weight excluding hydrogens is 248 g/mol. The monoisotopic (exact) mass is 268 g/mol. The van der Waals surface area contributed by atoms with E-state index < -0.39 is 6.16 Å². The van der Waals surface area contributed by atoms with Crippen LogP contribution in [0.5, 0.6) is 0 Å². The average Bonchev–Trinajstić information content (AvgIpc) is 2.30. The summed E-state index contributed by atoms with van der Waals surface area (Å²) in [4.78, 5) is 20.7. The Morgan fingerprint density at radius 1 is 0.722 bits per heavy atom. The van der Waals surface area contributed by atoms with E-state index in [1.807, 2.05) is 0 Å². The summed E-state index contributed by atoms with van der Waals surface area (Å²) in [6.45, 7) is -0.834. The maximum Gasteiger partial charge on any atom is 0.547 e. The van der Waals surface area contributed by atoms with Crippen LogP contribution in [0, 0.1) is 0 Å². The van der Waals surface area contributed by atoms with Gasteiger partial charge in [0.15, 0.2) is 0 Å². The number of hydroxylamine groups is 4. The van der Waals surface area contributed by atoms with E-state index in [0.29, 0.717) is 0 Å². The molecule has 0 aromatic rings. The van der Waals surface area contributed by atoms with Crippen LogP contribution in [-0.2, 0) is 9.68 Å². The second-order valence-electron chi connectivity index (χ2n) is 3.19. The van der Waals surface area contributed by atoms with Crippen molar-refractivity contribution in [3.8, 4) is 0 Å². The van der Waals surface area contributed by atoms with Crippen LogP contribution in [0.3, 0.4) is 0 Å². The number of rotatable bonds is 10. The van der Waals surface area contributed by atoms with Gasteiger partial charge in [0, 0.05) is 0 Å². The number of carbonyl (C=O) groups is 1. The zero-order valence-corrected chi connectivity index (χ0v) is 10.1. The smallest absolute Gasteiger partial charge is 0.395 e. The predicted octanol–water partition coefficient (Wildman–Crippen LogP) is -2.46. The van der Waals surface area contributed by atoms with Crippen LogP contribution in [0.1, 0.15) is 0 Å². The Morgan fingerprint density at radius 2 is 1.00 bits per heavy atom. The van der Waals surface area contributed by atoms with Gasteiger partial charge >= 0.3 is 6.16 Å². The van der Waals surface area contributed by atoms with Gasteiger partial charge in [-0.2, -0.15) is 4.79 Å². The summed E-state index contributed by atoms with van der Waals surface area (Å²) in [5.41, 5.74) is 0. The molecule has 9 nitrogen and oxygen atoms in total. The summed E-state index contributed by atoms with van der Waals surface area (Å²) in [7, 11) is 0. The molecule has 0 aliphatic carbocycles. The summed E-state index contributed by atoms with van der Waals surface area (Å²) in [5.74, 6) is 0. The minimum Gasteiger partial charge on any atom is -0.395 e. The van der Waals surface area contributed by atoms with Crippen molar-refractivity contribution in [3.05, 3.63) is 0 Å². The Kier molecular flexibility index (Phi) is 10.5. The summed E-state index contributed by atoms with van der Waals surface area (Å²) in [6.07, 6.45) is -1.07. The topological polar surface area (TPSA) is 123 Å². The Morgan fingerprint density at radius 3 is 1.22 bits per heavy atom. The SMILES string of the molecule is O=C(ON(CCO)CCO)ON(CCO)CCO. The lowest BCUT2D eigenvalue weighted by Gasteiger charge is -2.22. The molecule has 0 aromatic carbocycles. The van der Waals surface area contributed by atoms with Crippen LogP contribution in [0.4, 0.5) is 4.79 Å². The first-order chi connectivity index (χ1) is 8.67. The number of hydrogen-bond acceptors (Lipinski definition) is 9. The third-order valence-corrected chi connectivity index (χ3v) is 1.80. The van der Waals surface area contributed by atoms with Crippen molar-refractivity contribution in [3.63, 3.8) is 0 Å².